The van der Waals surface area contributed by atoms with E-state index in [0.29, 0.717) is 12.3 Å². The molecule has 0 saturated carbocycles. The number of carbonyl (C=O) groups excluding carboxylic acids is 1. The highest BCUT2D eigenvalue weighted by Gasteiger charge is 2.20. The van der Waals surface area contributed by atoms with Gasteiger partial charge < -0.3 is 15.0 Å². The number of carbonyl (C=O) groups is 1. The van der Waals surface area contributed by atoms with E-state index in [1.807, 2.05) is 49.3 Å². The molecule has 2 atom stereocenters. The lowest BCUT2D eigenvalue weighted by molar-refractivity contribution is -0.128. The second kappa shape index (κ2) is 8.45. The number of ether oxygens (including phenoxy) is 1. The van der Waals surface area contributed by atoms with Gasteiger partial charge in [0.25, 0.3) is 5.91 Å². The summed E-state index contributed by atoms with van der Waals surface area (Å²) in [7, 11) is 3.92. The SMILES string of the molecule is CC(Oc1ccc(F)cc1)C(=O)NC(CN(C)C)c1ccccc1. The van der Waals surface area contributed by atoms with Crippen molar-refractivity contribution in [1.29, 1.82) is 0 Å². The molecule has 0 fully saturated rings. The van der Waals surface area contributed by atoms with Crippen LogP contribution in [0.4, 0.5) is 4.39 Å². The fourth-order valence-corrected chi connectivity index (χ4v) is 2.34. The molecule has 0 aliphatic rings. The Labute approximate surface area is 142 Å². The quantitative estimate of drug-likeness (QED) is 0.848. The van der Waals surface area contributed by atoms with Gasteiger partial charge in [-0.05, 0) is 50.8 Å². The smallest absolute Gasteiger partial charge is 0.261 e. The molecule has 0 aromatic heterocycles. The first-order valence-electron chi connectivity index (χ1n) is 7.88. The lowest BCUT2D eigenvalue weighted by Crippen LogP contribution is -2.41. The number of hydrogen-bond acceptors (Lipinski definition) is 3. The molecule has 4 nitrogen and oxygen atoms in total. The van der Waals surface area contributed by atoms with Crippen LogP contribution >= 0.6 is 0 Å². The van der Waals surface area contributed by atoms with E-state index in [1.165, 1.54) is 24.3 Å². The van der Waals surface area contributed by atoms with Gasteiger partial charge in [-0.15, -0.1) is 0 Å². The largest absolute Gasteiger partial charge is 0.481 e. The van der Waals surface area contributed by atoms with E-state index < -0.39 is 6.10 Å². The summed E-state index contributed by atoms with van der Waals surface area (Å²) in [5.74, 6) is -0.0903. The average Bonchev–Trinajstić information content (AvgIpc) is 2.56. The Morgan fingerprint density at radius 3 is 2.33 bits per heavy atom. The lowest BCUT2D eigenvalue weighted by atomic mass is 10.1. The summed E-state index contributed by atoms with van der Waals surface area (Å²) in [6.45, 7) is 2.36. The van der Waals surface area contributed by atoms with Crippen molar-refractivity contribution in [2.45, 2.75) is 19.1 Å². The minimum absolute atomic E-state index is 0.132. The molecule has 2 unspecified atom stereocenters. The summed E-state index contributed by atoms with van der Waals surface area (Å²) in [6, 6.07) is 15.3. The maximum atomic E-state index is 12.9. The third kappa shape index (κ3) is 5.35. The number of benzene rings is 2. The highest BCUT2D eigenvalue weighted by Crippen LogP contribution is 2.16. The molecule has 0 bridgehead atoms. The Morgan fingerprint density at radius 1 is 1.12 bits per heavy atom. The number of amides is 1. The van der Waals surface area contributed by atoms with Gasteiger partial charge in [0.1, 0.15) is 11.6 Å². The number of nitrogens with one attached hydrogen (secondary N) is 1. The minimum Gasteiger partial charge on any atom is -0.481 e. The predicted molar refractivity (Wildman–Crippen MR) is 92.4 cm³/mol. The van der Waals surface area contributed by atoms with Crippen LogP contribution in [0.25, 0.3) is 0 Å². The van der Waals surface area contributed by atoms with Crippen molar-refractivity contribution < 1.29 is 13.9 Å². The third-order valence-electron chi connectivity index (χ3n) is 3.56. The maximum absolute atomic E-state index is 12.9. The third-order valence-corrected chi connectivity index (χ3v) is 3.56. The van der Waals surface area contributed by atoms with Gasteiger partial charge in [-0.2, -0.15) is 0 Å². The Balaban J connectivity index is 2.02. The zero-order valence-corrected chi connectivity index (χ0v) is 14.2. The van der Waals surface area contributed by atoms with Crippen molar-refractivity contribution in [1.82, 2.24) is 10.2 Å². The molecule has 5 heteroatoms. The molecule has 0 aliphatic carbocycles. The van der Waals surface area contributed by atoms with E-state index in [-0.39, 0.29) is 17.8 Å². The average molecular weight is 330 g/mol. The molecule has 0 heterocycles. The first-order chi connectivity index (χ1) is 11.5. The molecule has 2 aromatic carbocycles. The van der Waals surface area contributed by atoms with Crippen molar-refractivity contribution in [2.24, 2.45) is 0 Å². The van der Waals surface area contributed by atoms with Gasteiger partial charge in [-0.3, -0.25) is 4.79 Å². The van der Waals surface area contributed by atoms with Crippen LogP contribution in [0.5, 0.6) is 5.75 Å². The molecule has 128 valence electrons. The number of nitrogens with zero attached hydrogens (tertiary/aromatic N) is 1. The molecule has 0 aliphatic heterocycles. The zero-order valence-electron chi connectivity index (χ0n) is 14.2. The molecule has 1 N–H and O–H groups in total. The standard InChI is InChI=1S/C19H23FN2O2/c1-14(24-17-11-9-16(20)10-12-17)19(23)21-18(13-22(2)3)15-7-5-4-6-8-15/h4-12,14,18H,13H2,1-3H3,(H,21,23). The predicted octanol–water partition coefficient (Wildman–Crippen LogP) is 3.01. The number of rotatable bonds is 7. The van der Waals surface area contributed by atoms with E-state index in [0.717, 1.165) is 5.56 Å². The van der Waals surface area contributed by atoms with Crippen molar-refractivity contribution in [3.05, 3.63) is 66.0 Å². The Hall–Kier alpha value is -2.40. The number of halogens is 1. The maximum Gasteiger partial charge on any atom is 0.261 e. The second-order valence-electron chi connectivity index (χ2n) is 5.95. The Bertz CT molecular complexity index is 644. The molecule has 0 radical (unpaired) electrons. The van der Waals surface area contributed by atoms with Crippen molar-refractivity contribution in [2.75, 3.05) is 20.6 Å². The fraction of sp³-hybridized carbons (Fsp3) is 0.316. The highest BCUT2D eigenvalue weighted by molar-refractivity contribution is 5.81. The summed E-state index contributed by atoms with van der Waals surface area (Å²) < 4.78 is 18.5. The van der Waals surface area contributed by atoms with Gasteiger partial charge >= 0.3 is 0 Å². The number of likely N-dealkylation sites (N-methyl/N-ethyl adjacent to an activating group) is 1. The summed E-state index contributed by atoms with van der Waals surface area (Å²) >= 11 is 0. The van der Waals surface area contributed by atoms with Gasteiger partial charge in [-0.25, -0.2) is 4.39 Å². The van der Waals surface area contributed by atoms with E-state index >= 15 is 0 Å². The van der Waals surface area contributed by atoms with Crippen molar-refractivity contribution >= 4 is 5.91 Å². The topological polar surface area (TPSA) is 41.6 Å². The van der Waals surface area contributed by atoms with E-state index in [1.54, 1.807) is 6.92 Å². The normalized spacial score (nSPS) is 13.4. The van der Waals surface area contributed by atoms with Gasteiger partial charge in [0.05, 0.1) is 6.04 Å². The summed E-state index contributed by atoms with van der Waals surface area (Å²) in [5.41, 5.74) is 1.04. The van der Waals surface area contributed by atoms with Crippen LogP contribution in [-0.2, 0) is 4.79 Å². The van der Waals surface area contributed by atoms with Gasteiger partial charge in [0.15, 0.2) is 6.10 Å². The molecule has 2 aromatic rings. The van der Waals surface area contributed by atoms with Crippen LogP contribution in [-0.4, -0.2) is 37.6 Å². The number of hydrogen-bond donors (Lipinski definition) is 1. The highest BCUT2D eigenvalue weighted by atomic mass is 19.1. The monoisotopic (exact) mass is 330 g/mol. The molecule has 0 saturated heterocycles. The van der Waals surface area contributed by atoms with E-state index in [9.17, 15) is 9.18 Å². The summed E-state index contributed by atoms with van der Waals surface area (Å²) in [5, 5.41) is 3.02. The molecule has 0 spiro atoms. The van der Waals surface area contributed by atoms with Crippen LogP contribution in [0.3, 0.4) is 0 Å². The first kappa shape index (κ1) is 17.9. The summed E-state index contributed by atoms with van der Waals surface area (Å²) in [4.78, 5) is 14.5. The van der Waals surface area contributed by atoms with Crippen molar-refractivity contribution in [3.63, 3.8) is 0 Å². The van der Waals surface area contributed by atoms with Crippen LogP contribution in [0, 0.1) is 5.82 Å². The van der Waals surface area contributed by atoms with Gasteiger partial charge in [0, 0.05) is 6.54 Å². The van der Waals surface area contributed by atoms with Crippen LogP contribution in [0.15, 0.2) is 54.6 Å². The zero-order chi connectivity index (χ0) is 17.5. The molecule has 24 heavy (non-hydrogen) atoms. The molecular formula is C19H23FN2O2. The first-order valence-corrected chi connectivity index (χ1v) is 7.88. The van der Waals surface area contributed by atoms with E-state index in [4.69, 9.17) is 4.74 Å². The lowest BCUT2D eigenvalue weighted by Gasteiger charge is -2.24. The van der Waals surface area contributed by atoms with Crippen molar-refractivity contribution in [3.8, 4) is 5.75 Å². The van der Waals surface area contributed by atoms with Crippen LogP contribution in [0.2, 0.25) is 0 Å². The molecule has 2 rings (SSSR count). The Morgan fingerprint density at radius 2 is 1.75 bits per heavy atom. The minimum atomic E-state index is -0.677. The second-order valence-corrected chi connectivity index (χ2v) is 5.95. The van der Waals surface area contributed by atoms with Gasteiger partial charge in [0.2, 0.25) is 0 Å². The molecule has 1 amide bonds. The summed E-state index contributed by atoms with van der Waals surface area (Å²) in [6.07, 6.45) is -0.677. The van der Waals surface area contributed by atoms with Crippen LogP contribution in [0.1, 0.15) is 18.5 Å². The van der Waals surface area contributed by atoms with Gasteiger partial charge in [-0.1, -0.05) is 30.3 Å². The Kier molecular flexibility index (Phi) is 6.32. The van der Waals surface area contributed by atoms with E-state index in [2.05, 4.69) is 5.32 Å². The fourth-order valence-electron chi connectivity index (χ4n) is 2.34. The molecular weight excluding hydrogens is 307 g/mol. The van der Waals surface area contributed by atoms with Crippen LogP contribution < -0.4 is 10.1 Å².